The first kappa shape index (κ1) is 16.3. The Labute approximate surface area is 118 Å². The minimum Gasteiger partial charge on any atom is -0.480 e. The molecule has 1 fully saturated rings. The number of urea groups is 1. The molecule has 1 aliphatic rings. The second-order valence-corrected chi connectivity index (χ2v) is 5.60. The number of amides is 3. The SMILES string of the molecule is CN(C(=O)NCCCC(=O)NC1CC1)C(C)(C)C(=O)O. The maximum Gasteiger partial charge on any atom is 0.329 e. The number of carboxylic acid groups (broad SMARTS) is 1. The minimum atomic E-state index is -1.27. The molecule has 0 aromatic rings. The minimum absolute atomic E-state index is 0.000898. The van der Waals surface area contributed by atoms with Gasteiger partial charge in [-0.2, -0.15) is 0 Å². The molecule has 1 saturated carbocycles. The van der Waals surface area contributed by atoms with Crippen molar-refractivity contribution in [2.75, 3.05) is 13.6 Å². The van der Waals surface area contributed by atoms with E-state index in [0.29, 0.717) is 25.4 Å². The Bertz CT molecular complexity index is 391. The summed E-state index contributed by atoms with van der Waals surface area (Å²) < 4.78 is 0. The lowest BCUT2D eigenvalue weighted by atomic mass is 10.1. The van der Waals surface area contributed by atoms with Crippen LogP contribution in [-0.2, 0) is 9.59 Å². The van der Waals surface area contributed by atoms with Gasteiger partial charge in [0.2, 0.25) is 5.91 Å². The van der Waals surface area contributed by atoms with Gasteiger partial charge in [-0.1, -0.05) is 0 Å². The Balaban J connectivity index is 2.21. The van der Waals surface area contributed by atoms with E-state index in [2.05, 4.69) is 10.6 Å². The number of nitrogens with zero attached hydrogens (tertiary/aromatic N) is 1. The van der Waals surface area contributed by atoms with E-state index >= 15 is 0 Å². The average Bonchev–Trinajstić information content (AvgIpc) is 3.16. The van der Waals surface area contributed by atoms with E-state index in [9.17, 15) is 14.4 Å². The van der Waals surface area contributed by atoms with Gasteiger partial charge in [0.15, 0.2) is 0 Å². The number of carbonyl (C=O) groups excluding carboxylic acids is 2. The van der Waals surface area contributed by atoms with Gasteiger partial charge >= 0.3 is 12.0 Å². The van der Waals surface area contributed by atoms with Crippen molar-refractivity contribution in [3.05, 3.63) is 0 Å². The number of hydrogen-bond acceptors (Lipinski definition) is 3. The molecule has 0 atom stereocenters. The van der Waals surface area contributed by atoms with Crippen LogP contribution in [0, 0.1) is 0 Å². The fraction of sp³-hybridized carbons (Fsp3) is 0.769. The van der Waals surface area contributed by atoms with E-state index in [1.807, 2.05) is 0 Å². The highest BCUT2D eigenvalue weighted by Crippen LogP contribution is 2.18. The van der Waals surface area contributed by atoms with Gasteiger partial charge in [0.1, 0.15) is 5.54 Å². The van der Waals surface area contributed by atoms with Crippen molar-refractivity contribution in [2.45, 2.75) is 51.1 Å². The molecule has 1 aliphatic carbocycles. The quantitative estimate of drug-likeness (QED) is 0.595. The van der Waals surface area contributed by atoms with E-state index in [4.69, 9.17) is 5.11 Å². The lowest BCUT2D eigenvalue weighted by Gasteiger charge is -2.31. The Morgan fingerprint density at radius 3 is 2.40 bits per heavy atom. The van der Waals surface area contributed by atoms with Crippen LogP contribution in [-0.4, -0.2) is 53.1 Å². The molecule has 20 heavy (non-hydrogen) atoms. The van der Waals surface area contributed by atoms with Crippen LogP contribution < -0.4 is 10.6 Å². The smallest absolute Gasteiger partial charge is 0.329 e. The molecule has 0 radical (unpaired) electrons. The van der Waals surface area contributed by atoms with Crippen molar-refractivity contribution in [3.8, 4) is 0 Å². The number of rotatable bonds is 7. The summed E-state index contributed by atoms with van der Waals surface area (Å²) in [6.07, 6.45) is 3.00. The third-order valence-electron chi connectivity index (χ3n) is 3.47. The summed E-state index contributed by atoms with van der Waals surface area (Å²) in [6.45, 7) is 3.26. The van der Waals surface area contributed by atoms with E-state index in [-0.39, 0.29) is 5.91 Å². The van der Waals surface area contributed by atoms with Crippen LogP contribution in [0.2, 0.25) is 0 Å². The highest BCUT2D eigenvalue weighted by Gasteiger charge is 2.35. The van der Waals surface area contributed by atoms with E-state index in [1.54, 1.807) is 0 Å². The maximum absolute atomic E-state index is 11.8. The van der Waals surface area contributed by atoms with Gasteiger partial charge in [0.25, 0.3) is 0 Å². The summed E-state index contributed by atoms with van der Waals surface area (Å²) in [4.78, 5) is 35.3. The Hall–Kier alpha value is -1.79. The molecule has 0 heterocycles. The number of carboxylic acids is 1. The molecular formula is C13H23N3O4. The highest BCUT2D eigenvalue weighted by atomic mass is 16.4. The first-order valence-electron chi connectivity index (χ1n) is 6.79. The van der Waals surface area contributed by atoms with Crippen molar-refractivity contribution < 1.29 is 19.5 Å². The molecule has 3 amide bonds. The number of aliphatic carboxylic acids is 1. The first-order chi connectivity index (χ1) is 9.25. The van der Waals surface area contributed by atoms with Gasteiger partial charge in [-0.05, 0) is 33.1 Å². The summed E-state index contributed by atoms with van der Waals surface area (Å²) >= 11 is 0. The summed E-state index contributed by atoms with van der Waals surface area (Å²) in [6, 6.07) is -0.111. The molecule has 3 N–H and O–H groups in total. The number of carbonyl (C=O) groups is 3. The van der Waals surface area contributed by atoms with Crippen LogP contribution in [0.25, 0.3) is 0 Å². The van der Waals surface area contributed by atoms with Crippen LogP contribution in [0.15, 0.2) is 0 Å². The zero-order valence-corrected chi connectivity index (χ0v) is 12.2. The maximum atomic E-state index is 11.8. The third-order valence-corrected chi connectivity index (χ3v) is 3.47. The molecule has 0 aromatic carbocycles. The summed E-state index contributed by atoms with van der Waals surface area (Å²) in [5.41, 5.74) is -1.27. The predicted molar refractivity (Wildman–Crippen MR) is 73.3 cm³/mol. The Morgan fingerprint density at radius 1 is 1.30 bits per heavy atom. The van der Waals surface area contributed by atoms with Gasteiger partial charge < -0.3 is 20.6 Å². The van der Waals surface area contributed by atoms with Crippen LogP contribution in [0.4, 0.5) is 4.79 Å². The van der Waals surface area contributed by atoms with Crippen LogP contribution in [0.3, 0.4) is 0 Å². The van der Waals surface area contributed by atoms with Crippen LogP contribution in [0.1, 0.15) is 39.5 Å². The monoisotopic (exact) mass is 285 g/mol. The van der Waals surface area contributed by atoms with Gasteiger partial charge in [0.05, 0.1) is 0 Å². The second kappa shape index (κ2) is 6.58. The molecule has 7 nitrogen and oxygen atoms in total. The van der Waals surface area contributed by atoms with Gasteiger partial charge in [-0.25, -0.2) is 9.59 Å². The molecule has 1 rings (SSSR count). The summed E-state index contributed by atoms with van der Waals surface area (Å²) in [7, 11) is 1.43. The van der Waals surface area contributed by atoms with Crippen molar-refractivity contribution in [1.82, 2.24) is 15.5 Å². The molecule has 114 valence electrons. The molecule has 0 aliphatic heterocycles. The molecule has 7 heteroatoms. The molecule has 0 unspecified atom stereocenters. The topological polar surface area (TPSA) is 98.7 Å². The molecule has 0 saturated heterocycles. The fourth-order valence-electron chi connectivity index (χ4n) is 1.49. The molecule has 0 bridgehead atoms. The highest BCUT2D eigenvalue weighted by molar-refractivity contribution is 5.85. The zero-order chi connectivity index (χ0) is 15.3. The van der Waals surface area contributed by atoms with Crippen molar-refractivity contribution in [3.63, 3.8) is 0 Å². The molecule has 0 spiro atoms. The molecular weight excluding hydrogens is 262 g/mol. The fourth-order valence-corrected chi connectivity index (χ4v) is 1.49. The van der Waals surface area contributed by atoms with Crippen molar-refractivity contribution >= 4 is 17.9 Å². The summed E-state index contributed by atoms with van der Waals surface area (Å²) in [5, 5.41) is 14.5. The molecule has 0 aromatic heterocycles. The largest absolute Gasteiger partial charge is 0.480 e. The summed E-state index contributed by atoms with van der Waals surface area (Å²) in [5.74, 6) is -1.07. The normalized spacial score (nSPS) is 14.6. The third kappa shape index (κ3) is 4.71. The van der Waals surface area contributed by atoms with Crippen LogP contribution >= 0.6 is 0 Å². The Kier molecular flexibility index (Phi) is 5.35. The van der Waals surface area contributed by atoms with E-state index < -0.39 is 17.5 Å². The van der Waals surface area contributed by atoms with Gasteiger partial charge in [0, 0.05) is 26.1 Å². The van der Waals surface area contributed by atoms with Crippen LogP contribution in [0.5, 0.6) is 0 Å². The van der Waals surface area contributed by atoms with Crippen molar-refractivity contribution in [1.29, 1.82) is 0 Å². The number of nitrogens with one attached hydrogen (secondary N) is 2. The standard InChI is InChI=1S/C13H23N3O4/c1-13(2,11(18)19)16(3)12(20)14-8-4-5-10(17)15-9-6-7-9/h9H,4-8H2,1-3H3,(H,14,20)(H,15,17)(H,18,19). The number of likely N-dealkylation sites (N-methyl/N-ethyl adjacent to an activating group) is 1. The average molecular weight is 285 g/mol. The Morgan fingerprint density at radius 2 is 1.90 bits per heavy atom. The predicted octanol–water partition coefficient (Wildman–Crippen LogP) is 0.550. The second-order valence-electron chi connectivity index (χ2n) is 5.60. The van der Waals surface area contributed by atoms with E-state index in [1.165, 1.54) is 20.9 Å². The first-order valence-corrected chi connectivity index (χ1v) is 6.79. The van der Waals surface area contributed by atoms with E-state index in [0.717, 1.165) is 17.7 Å². The van der Waals surface area contributed by atoms with Gasteiger partial charge in [-0.3, -0.25) is 4.79 Å². The van der Waals surface area contributed by atoms with Crippen molar-refractivity contribution in [2.24, 2.45) is 0 Å². The number of hydrogen-bond donors (Lipinski definition) is 3. The van der Waals surface area contributed by atoms with Gasteiger partial charge in [-0.15, -0.1) is 0 Å². The lowest BCUT2D eigenvalue weighted by molar-refractivity contribution is -0.146. The lowest BCUT2D eigenvalue weighted by Crippen LogP contribution is -2.54. The zero-order valence-electron chi connectivity index (χ0n) is 12.2.